The molecular formula is C25H21N3O4. The zero-order valence-corrected chi connectivity index (χ0v) is 17.6. The van der Waals surface area contributed by atoms with Crippen molar-refractivity contribution in [3.8, 4) is 34.4 Å². The van der Waals surface area contributed by atoms with Crippen LogP contribution in [0, 0.1) is 0 Å². The van der Waals surface area contributed by atoms with E-state index in [1.165, 1.54) is 6.33 Å². The molecule has 4 rings (SSSR count). The fraction of sp³-hybridized carbons (Fsp3) is 0.0800. The molecule has 7 heteroatoms. The van der Waals surface area contributed by atoms with Crippen molar-refractivity contribution in [3.63, 3.8) is 0 Å². The first-order valence-electron chi connectivity index (χ1n) is 9.84. The van der Waals surface area contributed by atoms with E-state index in [1.807, 2.05) is 36.4 Å². The van der Waals surface area contributed by atoms with Crippen LogP contribution in [0.5, 0.6) is 23.1 Å². The molecule has 4 aromatic rings. The number of amides is 1. The molecule has 32 heavy (non-hydrogen) atoms. The molecule has 160 valence electrons. The van der Waals surface area contributed by atoms with Crippen LogP contribution in [0.3, 0.4) is 0 Å². The number of methoxy groups -OCH3 is 2. The van der Waals surface area contributed by atoms with Crippen LogP contribution in [0.25, 0.3) is 11.3 Å². The van der Waals surface area contributed by atoms with Gasteiger partial charge in [0.25, 0.3) is 5.91 Å². The second-order valence-electron chi connectivity index (χ2n) is 6.79. The molecule has 1 amide bonds. The Morgan fingerprint density at radius 2 is 1.53 bits per heavy atom. The number of anilines is 1. The number of hydrogen-bond acceptors (Lipinski definition) is 6. The van der Waals surface area contributed by atoms with E-state index < -0.39 is 0 Å². The van der Waals surface area contributed by atoms with Gasteiger partial charge in [-0.25, -0.2) is 9.97 Å². The summed E-state index contributed by atoms with van der Waals surface area (Å²) in [6, 6.07) is 23.3. The van der Waals surface area contributed by atoms with Gasteiger partial charge in [-0.1, -0.05) is 12.1 Å². The quantitative estimate of drug-likeness (QED) is 0.436. The summed E-state index contributed by atoms with van der Waals surface area (Å²) in [5.74, 6) is 2.03. The van der Waals surface area contributed by atoms with Crippen molar-refractivity contribution in [3.05, 3.63) is 90.8 Å². The van der Waals surface area contributed by atoms with Crippen LogP contribution in [0.4, 0.5) is 5.69 Å². The van der Waals surface area contributed by atoms with Gasteiger partial charge in [-0.15, -0.1) is 0 Å². The molecule has 1 aromatic heterocycles. The number of aromatic nitrogens is 2. The van der Waals surface area contributed by atoms with Gasteiger partial charge >= 0.3 is 0 Å². The smallest absolute Gasteiger partial charge is 0.255 e. The molecule has 0 radical (unpaired) electrons. The van der Waals surface area contributed by atoms with Crippen molar-refractivity contribution in [2.24, 2.45) is 0 Å². The average molecular weight is 427 g/mol. The number of carbonyl (C=O) groups is 1. The summed E-state index contributed by atoms with van der Waals surface area (Å²) >= 11 is 0. The zero-order valence-electron chi connectivity index (χ0n) is 17.6. The molecule has 0 aliphatic carbocycles. The van der Waals surface area contributed by atoms with Gasteiger partial charge in [0.05, 0.1) is 19.9 Å². The predicted molar refractivity (Wildman–Crippen MR) is 121 cm³/mol. The number of nitrogens with zero attached hydrogens (tertiary/aromatic N) is 2. The van der Waals surface area contributed by atoms with E-state index in [9.17, 15) is 4.79 Å². The van der Waals surface area contributed by atoms with E-state index in [1.54, 1.807) is 56.7 Å². The second-order valence-corrected chi connectivity index (χ2v) is 6.79. The third-order valence-electron chi connectivity index (χ3n) is 4.67. The molecule has 0 fully saturated rings. The maximum atomic E-state index is 12.7. The Morgan fingerprint density at radius 1 is 0.781 bits per heavy atom. The molecule has 0 aliphatic heterocycles. The summed E-state index contributed by atoms with van der Waals surface area (Å²) in [4.78, 5) is 21.2. The maximum absolute atomic E-state index is 12.7. The Bertz CT molecular complexity index is 1230. The Balaban J connectivity index is 1.49. The van der Waals surface area contributed by atoms with Gasteiger partial charge in [-0.05, 0) is 54.6 Å². The van der Waals surface area contributed by atoms with Crippen molar-refractivity contribution in [2.45, 2.75) is 0 Å². The van der Waals surface area contributed by atoms with Crippen molar-refractivity contribution >= 4 is 11.6 Å². The summed E-state index contributed by atoms with van der Waals surface area (Å²) in [7, 11) is 3.20. The first-order valence-corrected chi connectivity index (χ1v) is 9.84. The number of rotatable bonds is 7. The van der Waals surface area contributed by atoms with Crippen LogP contribution in [-0.4, -0.2) is 30.1 Å². The fourth-order valence-electron chi connectivity index (χ4n) is 3.04. The third-order valence-corrected chi connectivity index (χ3v) is 4.67. The van der Waals surface area contributed by atoms with Gasteiger partial charge in [-0.2, -0.15) is 0 Å². The van der Waals surface area contributed by atoms with Crippen molar-refractivity contribution in [2.75, 3.05) is 19.5 Å². The molecule has 0 spiro atoms. The Kier molecular flexibility index (Phi) is 6.27. The monoisotopic (exact) mass is 427 g/mol. The lowest BCUT2D eigenvalue weighted by Crippen LogP contribution is -2.11. The molecule has 0 saturated carbocycles. The van der Waals surface area contributed by atoms with Gasteiger partial charge in [0, 0.05) is 28.9 Å². The molecule has 1 N–H and O–H groups in total. The Morgan fingerprint density at radius 3 is 2.31 bits per heavy atom. The standard InChI is InChI=1S/C25H21N3O4/c1-30-20-11-9-17(10-12-20)23-15-24(27-16-26-23)32-22-8-3-5-18(13-22)25(29)28-19-6-4-7-21(14-19)31-2/h3-16H,1-2H3,(H,28,29). The van der Waals surface area contributed by atoms with Gasteiger partial charge < -0.3 is 19.5 Å². The summed E-state index contributed by atoms with van der Waals surface area (Å²) in [5, 5.41) is 2.85. The van der Waals surface area contributed by atoms with Crippen molar-refractivity contribution in [1.29, 1.82) is 0 Å². The van der Waals surface area contributed by atoms with E-state index in [-0.39, 0.29) is 5.91 Å². The number of nitrogens with one attached hydrogen (secondary N) is 1. The van der Waals surface area contributed by atoms with Crippen LogP contribution in [0.15, 0.2) is 85.2 Å². The van der Waals surface area contributed by atoms with Crippen molar-refractivity contribution in [1.82, 2.24) is 9.97 Å². The second kappa shape index (κ2) is 9.61. The van der Waals surface area contributed by atoms with Gasteiger partial charge in [0.1, 0.15) is 23.6 Å². The minimum absolute atomic E-state index is 0.259. The minimum Gasteiger partial charge on any atom is -0.497 e. The molecule has 1 heterocycles. The summed E-state index contributed by atoms with van der Waals surface area (Å²) < 4.78 is 16.3. The molecule has 0 atom stereocenters. The van der Waals surface area contributed by atoms with Crippen molar-refractivity contribution < 1.29 is 19.0 Å². The minimum atomic E-state index is -0.259. The highest BCUT2D eigenvalue weighted by atomic mass is 16.5. The highest BCUT2D eigenvalue weighted by Crippen LogP contribution is 2.26. The topological polar surface area (TPSA) is 82.6 Å². The molecule has 0 saturated heterocycles. The van der Waals surface area contributed by atoms with Gasteiger partial charge in [-0.3, -0.25) is 4.79 Å². The Hall–Kier alpha value is -4.39. The van der Waals surface area contributed by atoms with Crippen LogP contribution in [0.1, 0.15) is 10.4 Å². The predicted octanol–water partition coefficient (Wildman–Crippen LogP) is 5.21. The summed E-state index contributed by atoms with van der Waals surface area (Å²) in [6.07, 6.45) is 1.44. The summed E-state index contributed by atoms with van der Waals surface area (Å²) in [6.45, 7) is 0. The summed E-state index contributed by atoms with van der Waals surface area (Å²) in [5.41, 5.74) is 2.71. The lowest BCUT2D eigenvalue weighted by atomic mass is 10.1. The van der Waals surface area contributed by atoms with E-state index in [0.717, 1.165) is 11.3 Å². The van der Waals surface area contributed by atoms with Crippen LogP contribution in [-0.2, 0) is 0 Å². The Labute approximate surface area is 185 Å². The SMILES string of the molecule is COc1ccc(-c2cc(Oc3cccc(C(=O)Nc4cccc(OC)c4)c3)ncn2)cc1. The lowest BCUT2D eigenvalue weighted by Gasteiger charge is -2.09. The molecule has 0 unspecified atom stereocenters. The van der Waals surface area contributed by atoms with E-state index in [2.05, 4.69) is 15.3 Å². The van der Waals surface area contributed by atoms with E-state index in [0.29, 0.717) is 34.3 Å². The number of carbonyl (C=O) groups excluding carboxylic acids is 1. The van der Waals surface area contributed by atoms with Gasteiger partial charge in [0.2, 0.25) is 5.88 Å². The highest BCUT2D eigenvalue weighted by molar-refractivity contribution is 6.04. The molecular weight excluding hydrogens is 406 g/mol. The number of ether oxygens (including phenoxy) is 3. The lowest BCUT2D eigenvalue weighted by molar-refractivity contribution is 0.102. The van der Waals surface area contributed by atoms with E-state index in [4.69, 9.17) is 14.2 Å². The molecule has 0 aliphatic rings. The van der Waals surface area contributed by atoms with E-state index >= 15 is 0 Å². The van der Waals surface area contributed by atoms with Gasteiger partial charge in [0.15, 0.2) is 0 Å². The van der Waals surface area contributed by atoms with Crippen LogP contribution >= 0.6 is 0 Å². The largest absolute Gasteiger partial charge is 0.497 e. The average Bonchev–Trinajstić information content (AvgIpc) is 2.84. The number of hydrogen-bond donors (Lipinski definition) is 1. The normalized spacial score (nSPS) is 10.3. The maximum Gasteiger partial charge on any atom is 0.255 e. The zero-order chi connectivity index (χ0) is 22.3. The molecule has 7 nitrogen and oxygen atoms in total. The molecule has 3 aromatic carbocycles. The molecule has 0 bridgehead atoms. The first-order chi connectivity index (χ1) is 15.6. The third kappa shape index (κ3) is 5.02. The highest BCUT2D eigenvalue weighted by Gasteiger charge is 2.10. The van der Waals surface area contributed by atoms with Crippen LogP contribution < -0.4 is 19.5 Å². The number of benzene rings is 3. The van der Waals surface area contributed by atoms with Crippen LogP contribution in [0.2, 0.25) is 0 Å². The first kappa shape index (κ1) is 20.9. The fourth-order valence-corrected chi connectivity index (χ4v) is 3.04.